The van der Waals surface area contributed by atoms with Crippen LogP contribution >= 0.6 is 0 Å². The molecule has 4 nitrogen and oxygen atoms in total. The van der Waals surface area contributed by atoms with E-state index in [0.717, 1.165) is 11.0 Å². The first-order valence-corrected chi connectivity index (χ1v) is 5.42. The zero-order chi connectivity index (χ0) is 12.4. The molecule has 0 amide bonds. The Balaban J connectivity index is 2.46. The number of para-hydroxylation sites is 1. The lowest BCUT2D eigenvalue weighted by molar-refractivity contribution is -0.431. The van der Waals surface area contributed by atoms with Crippen molar-refractivity contribution in [1.29, 1.82) is 0 Å². The van der Waals surface area contributed by atoms with E-state index in [4.69, 9.17) is 4.42 Å². The van der Waals surface area contributed by atoms with Crippen LogP contribution in [0.1, 0.15) is 19.6 Å². The lowest BCUT2D eigenvalue weighted by Gasteiger charge is -1.99. The Hall–Kier alpha value is -2.10. The predicted octanol–water partition coefficient (Wildman–Crippen LogP) is 3.71. The quantitative estimate of drug-likeness (QED) is 0.597. The van der Waals surface area contributed by atoms with E-state index in [1.165, 1.54) is 6.08 Å². The molecule has 1 aromatic heterocycles. The van der Waals surface area contributed by atoms with Crippen LogP contribution in [0.3, 0.4) is 0 Å². The van der Waals surface area contributed by atoms with Crippen LogP contribution in [0.15, 0.2) is 40.4 Å². The molecule has 0 aliphatic heterocycles. The fourth-order valence-corrected chi connectivity index (χ4v) is 1.65. The molecule has 2 aromatic rings. The standard InChI is InChI=1S/C13H13NO3/c1-9(2)12(14(15)16)8-11-7-10-5-3-4-6-13(10)17-11/h3-9H,1-2H3/b12-8-. The Kier molecular flexibility index (Phi) is 2.95. The summed E-state index contributed by atoms with van der Waals surface area (Å²) in [5, 5.41) is 11.8. The minimum Gasteiger partial charge on any atom is -0.456 e. The smallest absolute Gasteiger partial charge is 0.252 e. The summed E-state index contributed by atoms with van der Waals surface area (Å²) in [6.07, 6.45) is 1.49. The molecule has 0 N–H and O–H groups in total. The van der Waals surface area contributed by atoms with Gasteiger partial charge >= 0.3 is 0 Å². The van der Waals surface area contributed by atoms with Gasteiger partial charge in [-0.05, 0) is 12.1 Å². The van der Waals surface area contributed by atoms with E-state index in [2.05, 4.69) is 0 Å². The van der Waals surface area contributed by atoms with Gasteiger partial charge in [-0.1, -0.05) is 32.0 Å². The zero-order valence-corrected chi connectivity index (χ0v) is 9.71. The summed E-state index contributed by atoms with van der Waals surface area (Å²) >= 11 is 0. The highest BCUT2D eigenvalue weighted by Crippen LogP contribution is 2.22. The molecule has 0 saturated heterocycles. The first-order chi connectivity index (χ1) is 8.08. The van der Waals surface area contributed by atoms with Crippen LogP contribution in [-0.4, -0.2) is 4.92 Å². The van der Waals surface area contributed by atoms with Gasteiger partial charge in [0.25, 0.3) is 5.70 Å². The average molecular weight is 231 g/mol. The molecule has 0 fully saturated rings. The molecule has 0 unspecified atom stereocenters. The second-order valence-corrected chi connectivity index (χ2v) is 4.17. The highest BCUT2D eigenvalue weighted by molar-refractivity contribution is 5.79. The van der Waals surface area contributed by atoms with Crippen LogP contribution in [-0.2, 0) is 0 Å². The summed E-state index contributed by atoms with van der Waals surface area (Å²) in [6.45, 7) is 3.58. The van der Waals surface area contributed by atoms with Gasteiger partial charge in [-0.2, -0.15) is 0 Å². The number of hydrogen-bond donors (Lipinski definition) is 0. The van der Waals surface area contributed by atoms with Crippen molar-refractivity contribution >= 4 is 17.0 Å². The van der Waals surface area contributed by atoms with Crippen molar-refractivity contribution in [1.82, 2.24) is 0 Å². The molecule has 0 atom stereocenters. The maximum atomic E-state index is 10.9. The molecule has 2 rings (SSSR count). The van der Waals surface area contributed by atoms with E-state index in [0.29, 0.717) is 5.76 Å². The highest BCUT2D eigenvalue weighted by Gasteiger charge is 2.16. The molecule has 0 spiro atoms. The Morgan fingerprint density at radius 1 is 1.41 bits per heavy atom. The monoisotopic (exact) mass is 231 g/mol. The van der Waals surface area contributed by atoms with Crippen molar-refractivity contribution in [3.8, 4) is 0 Å². The van der Waals surface area contributed by atoms with Gasteiger partial charge in [0.2, 0.25) is 0 Å². The molecule has 1 heterocycles. The van der Waals surface area contributed by atoms with Crippen molar-refractivity contribution in [3.05, 3.63) is 51.9 Å². The number of allylic oxidation sites excluding steroid dienone is 1. The van der Waals surface area contributed by atoms with E-state index in [-0.39, 0.29) is 16.5 Å². The minimum atomic E-state index is -0.363. The van der Waals surface area contributed by atoms with Crippen LogP contribution < -0.4 is 0 Å². The van der Waals surface area contributed by atoms with Gasteiger partial charge in [-0.15, -0.1) is 0 Å². The molecule has 17 heavy (non-hydrogen) atoms. The van der Waals surface area contributed by atoms with E-state index in [1.807, 2.05) is 24.3 Å². The number of furan rings is 1. The molecule has 0 bridgehead atoms. The summed E-state index contributed by atoms with van der Waals surface area (Å²) < 4.78 is 5.52. The third-order valence-electron chi connectivity index (χ3n) is 2.54. The van der Waals surface area contributed by atoms with Gasteiger partial charge in [0.05, 0.1) is 11.0 Å². The number of benzene rings is 1. The Morgan fingerprint density at radius 3 is 2.71 bits per heavy atom. The van der Waals surface area contributed by atoms with Crippen LogP contribution in [0.5, 0.6) is 0 Å². The van der Waals surface area contributed by atoms with E-state index >= 15 is 0 Å². The lowest BCUT2D eigenvalue weighted by Crippen LogP contribution is -2.05. The van der Waals surface area contributed by atoms with E-state index < -0.39 is 0 Å². The Bertz CT molecular complexity index is 548. The van der Waals surface area contributed by atoms with Gasteiger partial charge in [-0.25, -0.2) is 0 Å². The molecular weight excluding hydrogens is 218 g/mol. The molecule has 88 valence electrons. The molecule has 0 saturated carbocycles. The van der Waals surface area contributed by atoms with Gasteiger partial charge < -0.3 is 4.42 Å². The van der Waals surface area contributed by atoms with E-state index in [9.17, 15) is 10.1 Å². The summed E-state index contributed by atoms with van der Waals surface area (Å²) in [5.41, 5.74) is 0.897. The van der Waals surface area contributed by atoms with Crippen LogP contribution in [0.4, 0.5) is 0 Å². The van der Waals surface area contributed by atoms with Gasteiger partial charge in [0, 0.05) is 11.3 Å². The van der Waals surface area contributed by atoms with Crippen molar-refractivity contribution in [3.63, 3.8) is 0 Å². The number of hydrogen-bond acceptors (Lipinski definition) is 3. The molecule has 4 heteroatoms. The molecular formula is C13H13NO3. The van der Waals surface area contributed by atoms with E-state index in [1.54, 1.807) is 19.9 Å². The molecule has 0 aliphatic carbocycles. The summed E-state index contributed by atoms with van der Waals surface area (Å²) in [4.78, 5) is 10.5. The van der Waals surface area contributed by atoms with Crippen LogP contribution in [0.25, 0.3) is 17.0 Å². The maximum absolute atomic E-state index is 10.9. The van der Waals surface area contributed by atoms with Gasteiger partial charge in [0.1, 0.15) is 11.3 Å². The summed E-state index contributed by atoms with van der Waals surface area (Å²) in [5.74, 6) is 0.379. The highest BCUT2D eigenvalue weighted by atomic mass is 16.6. The van der Waals surface area contributed by atoms with Crippen molar-refractivity contribution < 1.29 is 9.34 Å². The molecule has 1 aromatic carbocycles. The summed E-state index contributed by atoms with van der Waals surface area (Å²) in [7, 11) is 0. The van der Waals surface area contributed by atoms with Crippen LogP contribution in [0, 0.1) is 16.0 Å². The van der Waals surface area contributed by atoms with Crippen molar-refractivity contribution in [2.45, 2.75) is 13.8 Å². The van der Waals surface area contributed by atoms with Crippen molar-refractivity contribution in [2.75, 3.05) is 0 Å². The fraction of sp³-hybridized carbons (Fsp3) is 0.231. The second kappa shape index (κ2) is 4.41. The molecule has 0 radical (unpaired) electrons. The Labute approximate surface area is 98.7 Å². The van der Waals surface area contributed by atoms with Gasteiger partial charge in [-0.3, -0.25) is 10.1 Å². The number of nitro groups is 1. The lowest BCUT2D eigenvalue weighted by atomic mass is 10.1. The maximum Gasteiger partial charge on any atom is 0.252 e. The minimum absolute atomic E-state index is 0.141. The second-order valence-electron chi connectivity index (χ2n) is 4.17. The normalized spacial score (nSPS) is 12.3. The summed E-state index contributed by atoms with van der Waals surface area (Å²) in [6, 6.07) is 9.34. The first-order valence-electron chi connectivity index (χ1n) is 5.42. The topological polar surface area (TPSA) is 56.3 Å². The third kappa shape index (κ3) is 2.36. The fourth-order valence-electron chi connectivity index (χ4n) is 1.65. The number of fused-ring (bicyclic) bond motifs is 1. The van der Waals surface area contributed by atoms with Crippen LogP contribution in [0.2, 0.25) is 0 Å². The average Bonchev–Trinajstić information content (AvgIpc) is 2.67. The SMILES string of the molecule is CC(C)/C(=C/c1cc2ccccc2o1)[N+](=O)[O-]. The van der Waals surface area contributed by atoms with Gasteiger partial charge in [0.15, 0.2) is 0 Å². The third-order valence-corrected chi connectivity index (χ3v) is 2.54. The largest absolute Gasteiger partial charge is 0.456 e. The molecule has 0 aliphatic rings. The number of rotatable bonds is 3. The predicted molar refractivity (Wildman–Crippen MR) is 66.0 cm³/mol. The number of nitrogens with zero attached hydrogens (tertiary/aromatic N) is 1. The first kappa shape index (κ1) is 11.4. The Morgan fingerprint density at radius 2 is 2.12 bits per heavy atom. The van der Waals surface area contributed by atoms with Crippen molar-refractivity contribution in [2.24, 2.45) is 5.92 Å². The zero-order valence-electron chi connectivity index (χ0n) is 9.71.